The first-order valence-electron chi connectivity index (χ1n) is 5.93. The van der Waals surface area contributed by atoms with E-state index in [1.54, 1.807) is 11.8 Å². The van der Waals surface area contributed by atoms with Gasteiger partial charge in [0.1, 0.15) is 4.99 Å². The van der Waals surface area contributed by atoms with Gasteiger partial charge in [-0.2, -0.15) is 0 Å². The zero-order chi connectivity index (χ0) is 12.3. The second-order valence-electron chi connectivity index (χ2n) is 4.42. The fraction of sp³-hybridized carbons (Fsp3) is 0.462. The molecule has 1 aromatic carbocycles. The highest BCUT2D eigenvalue weighted by molar-refractivity contribution is 7.98. The highest BCUT2D eigenvalue weighted by atomic mass is 32.2. The van der Waals surface area contributed by atoms with Crippen molar-refractivity contribution in [3.05, 3.63) is 23.8 Å². The summed E-state index contributed by atoms with van der Waals surface area (Å²) in [5, 5.41) is 3.49. The van der Waals surface area contributed by atoms with Crippen LogP contribution in [0, 0.1) is 5.92 Å². The van der Waals surface area contributed by atoms with Crippen LogP contribution in [0.25, 0.3) is 0 Å². The van der Waals surface area contributed by atoms with E-state index in [1.807, 2.05) is 6.26 Å². The van der Waals surface area contributed by atoms with Crippen LogP contribution in [0.3, 0.4) is 0 Å². The molecule has 2 rings (SSSR count). The fourth-order valence-electron chi connectivity index (χ4n) is 2.05. The second kappa shape index (κ2) is 5.74. The molecule has 2 nitrogen and oxygen atoms in total. The van der Waals surface area contributed by atoms with Gasteiger partial charge in [0, 0.05) is 22.7 Å². The van der Waals surface area contributed by atoms with Crippen molar-refractivity contribution in [1.82, 2.24) is 0 Å². The molecule has 0 heterocycles. The molecule has 1 aliphatic rings. The molecule has 0 atom stereocenters. The first kappa shape index (κ1) is 12.7. The zero-order valence-corrected chi connectivity index (χ0v) is 11.7. The maximum absolute atomic E-state index is 5.82. The molecular weight excluding hydrogens is 248 g/mol. The van der Waals surface area contributed by atoms with Gasteiger partial charge in [-0.3, -0.25) is 0 Å². The Balaban J connectivity index is 2.16. The van der Waals surface area contributed by atoms with Crippen molar-refractivity contribution in [2.24, 2.45) is 11.7 Å². The van der Waals surface area contributed by atoms with E-state index in [-0.39, 0.29) is 0 Å². The largest absolute Gasteiger partial charge is 0.389 e. The average Bonchev–Trinajstić information content (AvgIpc) is 2.26. The fourth-order valence-corrected chi connectivity index (χ4v) is 2.98. The van der Waals surface area contributed by atoms with Crippen molar-refractivity contribution >= 4 is 34.7 Å². The lowest BCUT2D eigenvalue weighted by molar-refractivity contribution is 0.333. The summed E-state index contributed by atoms with van der Waals surface area (Å²) in [5.41, 5.74) is 7.90. The lowest BCUT2D eigenvalue weighted by Crippen LogP contribution is -2.22. The topological polar surface area (TPSA) is 38.0 Å². The van der Waals surface area contributed by atoms with Gasteiger partial charge in [0.15, 0.2) is 0 Å². The van der Waals surface area contributed by atoms with Crippen LogP contribution in [-0.2, 0) is 0 Å². The molecule has 0 bridgehead atoms. The van der Waals surface area contributed by atoms with Crippen LogP contribution in [0.4, 0.5) is 5.69 Å². The SMILES string of the molecule is CSc1cccc(NCC2CCC2)c1C(N)=S. The molecule has 0 aliphatic heterocycles. The highest BCUT2D eigenvalue weighted by Crippen LogP contribution is 2.30. The molecule has 1 aromatic rings. The molecule has 1 aliphatic carbocycles. The molecule has 0 amide bonds. The Hall–Kier alpha value is -0.740. The summed E-state index contributed by atoms with van der Waals surface area (Å²) in [6.45, 7) is 1.04. The molecule has 1 saturated carbocycles. The van der Waals surface area contributed by atoms with Gasteiger partial charge in [-0.15, -0.1) is 11.8 Å². The van der Waals surface area contributed by atoms with Gasteiger partial charge >= 0.3 is 0 Å². The predicted octanol–water partition coefficient (Wildman–Crippen LogP) is 3.25. The number of hydrogen-bond donors (Lipinski definition) is 2. The third-order valence-corrected chi connectivity index (χ3v) is 4.28. The summed E-state index contributed by atoms with van der Waals surface area (Å²) < 4.78 is 0. The van der Waals surface area contributed by atoms with E-state index in [9.17, 15) is 0 Å². The smallest absolute Gasteiger partial charge is 0.107 e. The van der Waals surface area contributed by atoms with Crippen LogP contribution in [0.5, 0.6) is 0 Å². The Morgan fingerprint density at radius 2 is 2.29 bits per heavy atom. The van der Waals surface area contributed by atoms with E-state index in [0.29, 0.717) is 4.99 Å². The van der Waals surface area contributed by atoms with E-state index in [0.717, 1.165) is 28.6 Å². The van der Waals surface area contributed by atoms with Crippen molar-refractivity contribution < 1.29 is 0 Å². The van der Waals surface area contributed by atoms with Gasteiger partial charge in [-0.1, -0.05) is 24.7 Å². The van der Waals surface area contributed by atoms with E-state index >= 15 is 0 Å². The number of anilines is 1. The molecule has 0 spiro atoms. The first-order valence-corrected chi connectivity index (χ1v) is 7.56. The number of benzene rings is 1. The Morgan fingerprint density at radius 3 is 2.82 bits per heavy atom. The van der Waals surface area contributed by atoms with Crippen LogP contribution >= 0.6 is 24.0 Å². The molecule has 4 heteroatoms. The van der Waals surface area contributed by atoms with Gasteiger partial charge in [0.05, 0.1) is 0 Å². The lowest BCUT2D eigenvalue weighted by Gasteiger charge is -2.26. The summed E-state index contributed by atoms with van der Waals surface area (Å²) in [4.78, 5) is 1.63. The standard InChI is InChI=1S/C13H18N2S2/c1-17-11-7-3-6-10(12(11)13(14)16)15-8-9-4-2-5-9/h3,6-7,9,15H,2,4-5,8H2,1H3,(H2,14,16). The van der Waals surface area contributed by atoms with E-state index in [2.05, 4.69) is 23.5 Å². The van der Waals surface area contributed by atoms with E-state index in [4.69, 9.17) is 18.0 Å². The summed E-state index contributed by atoms with van der Waals surface area (Å²) in [7, 11) is 0. The van der Waals surface area contributed by atoms with Crippen molar-refractivity contribution in [1.29, 1.82) is 0 Å². The molecule has 0 radical (unpaired) electrons. The normalized spacial score (nSPS) is 15.4. The number of hydrogen-bond acceptors (Lipinski definition) is 3. The molecule has 17 heavy (non-hydrogen) atoms. The van der Waals surface area contributed by atoms with Gasteiger partial charge in [-0.05, 0) is 37.1 Å². The molecule has 0 unspecified atom stereocenters. The maximum atomic E-state index is 5.82. The first-order chi connectivity index (χ1) is 8.22. The molecular formula is C13H18N2S2. The Morgan fingerprint density at radius 1 is 1.53 bits per heavy atom. The van der Waals surface area contributed by atoms with Gasteiger partial charge in [-0.25, -0.2) is 0 Å². The average molecular weight is 266 g/mol. The minimum absolute atomic E-state index is 0.478. The number of rotatable bonds is 5. The van der Waals surface area contributed by atoms with Crippen LogP contribution in [0.1, 0.15) is 24.8 Å². The number of thiocarbonyl (C=S) groups is 1. The summed E-state index contributed by atoms with van der Waals surface area (Å²) in [6, 6.07) is 6.18. The molecule has 1 fully saturated rings. The van der Waals surface area contributed by atoms with Crippen LogP contribution in [0.15, 0.2) is 23.1 Å². The Bertz CT molecular complexity index is 414. The van der Waals surface area contributed by atoms with Gasteiger partial charge < -0.3 is 11.1 Å². The third kappa shape index (κ3) is 2.93. The van der Waals surface area contributed by atoms with Crippen molar-refractivity contribution in [2.45, 2.75) is 24.2 Å². The lowest BCUT2D eigenvalue weighted by atomic mass is 9.85. The Labute approximate surface area is 112 Å². The number of nitrogens with two attached hydrogens (primary N) is 1. The van der Waals surface area contributed by atoms with E-state index < -0.39 is 0 Å². The highest BCUT2D eigenvalue weighted by Gasteiger charge is 2.18. The van der Waals surface area contributed by atoms with Crippen LogP contribution < -0.4 is 11.1 Å². The molecule has 0 saturated heterocycles. The van der Waals surface area contributed by atoms with Gasteiger partial charge in [0.2, 0.25) is 0 Å². The van der Waals surface area contributed by atoms with E-state index in [1.165, 1.54) is 19.3 Å². The summed E-state index contributed by atoms with van der Waals surface area (Å²) >= 11 is 6.83. The third-order valence-electron chi connectivity index (χ3n) is 3.30. The quantitative estimate of drug-likeness (QED) is 0.634. The van der Waals surface area contributed by atoms with Crippen LogP contribution in [0.2, 0.25) is 0 Å². The minimum atomic E-state index is 0.478. The van der Waals surface area contributed by atoms with Crippen molar-refractivity contribution in [3.8, 4) is 0 Å². The zero-order valence-electron chi connectivity index (χ0n) is 10.0. The summed E-state index contributed by atoms with van der Waals surface area (Å²) in [5.74, 6) is 0.826. The Kier molecular flexibility index (Phi) is 4.29. The van der Waals surface area contributed by atoms with Crippen molar-refractivity contribution in [2.75, 3.05) is 18.1 Å². The van der Waals surface area contributed by atoms with Crippen LogP contribution in [-0.4, -0.2) is 17.8 Å². The minimum Gasteiger partial charge on any atom is -0.389 e. The number of thioether (sulfide) groups is 1. The monoisotopic (exact) mass is 266 g/mol. The maximum Gasteiger partial charge on any atom is 0.107 e. The number of nitrogens with one attached hydrogen (secondary N) is 1. The molecule has 92 valence electrons. The summed E-state index contributed by atoms with van der Waals surface area (Å²) in [6.07, 6.45) is 6.11. The van der Waals surface area contributed by atoms with Crippen molar-refractivity contribution in [3.63, 3.8) is 0 Å². The second-order valence-corrected chi connectivity index (χ2v) is 5.71. The molecule has 0 aromatic heterocycles. The molecule has 3 N–H and O–H groups in total. The van der Waals surface area contributed by atoms with Gasteiger partial charge in [0.25, 0.3) is 0 Å². The predicted molar refractivity (Wildman–Crippen MR) is 79.9 cm³/mol.